The van der Waals surface area contributed by atoms with Gasteiger partial charge < -0.3 is 5.32 Å². The number of hydrogen-bond donors (Lipinski definition) is 1. The Morgan fingerprint density at radius 1 is 1.12 bits per heavy atom. The van der Waals surface area contributed by atoms with Crippen molar-refractivity contribution >= 4 is 5.69 Å². The number of nitrogens with zero attached hydrogens (tertiary/aromatic N) is 1. The SMILES string of the molecule is CC(C)CCC(C)Nc1ccc(C#N)cc1. The molecule has 0 bridgehead atoms. The molecule has 0 fully saturated rings. The Kier molecular flexibility index (Phi) is 4.85. The van der Waals surface area contributed by atoms with Crippen molar-refractivity contribution < 1.29 is 0 Å². The van der Waals surface area contributed by atoms with Gasteiger partial charge in [0.25, 0.3) is 0 Å². The second kappa shape index (κ2) is 6.17. The van der Waals surface area contributed by atoms with Crippen molar-refractivity contribution in [1.82, 2.24) is 0 Å². The van der Waals surface area contributed by atoms with Crippen molar-refractivity contribution in [2.75, 3.05) is 5.32 Å². The van der Waals surface area contributed by atoms with Crippen LogP contribution < -0.4 is 5.32 Å². The summed E-state index contributed by atoms with van der Waals surface area (Å²) < 4.78 is 0. The highest BCUT2D eigenvalue weighted by atomic mass is 14.9. The average molecular weight is 216 g/mol. The Hall–Kier alpha value is -1.49. The molecule has 0 radical (unpaired) electrons. The smallest absolute Gasteiger partial charge is 0.0991 e. The summed E-state index contributed by atoms with van der Waals surface area (Å²) in [5.74, 6) is 0.755. The first kappa shape index (κ1) is 12.6. The Morgan fingerprint density at radius 3 is 2.25 bits per heavy atom. The Balaban J connectivity index is 2.44. The first-order valence-electron chi connectivity index (χ1n) is 5.88. The fourth-order valence-electron chi connectivity index (χ4n) is 1.58. The van der Waals surface area contributed by atoms with E-state index in [9.17, 15) is 0 Å². The predicted octanol–water partition coefficient (Wildman–Crippen LogP) is 3.79. The van der Waals surface area contributed by atoms with Crippen LogP contribution in [0.3, 0.4) is 0 Å². The van der Waals surface area contributed by atoms with Gasteiger partial charge in [-0.2, -0.15) is 5.26 Å². The molecule has 0 saturated heterocycles. The molecule has 1 aromatic rings. The first-order valence-corrected chi connectivity index (χ1v) is 5.88. The molecule has 1 atom stereocenters. The van der Waals surface area contributed by atoms with Gasteiger partial charge in [-0.05, 0) is 49.9 Å². The van der Waals surface area contributed by atoms with Gasteiger partial charge in [-0.25, -0.2) is 0 Å². The second-order valence-electron chi connectivity index (χ2n) is 4.71. The quantitative estimate of drug-likeness (QED) is 0.812. The van der Waals surface area contributed by atoms with E-state index < -0.39 is 0 Å². The zero-order valence-electron chi connectivity index (χ0n) is 10.3. The van der Waals surface area contributed by atoms with Crippen LogP contribution in [-0.2, 0) is 0 Å². The second-order valence-corrected chi connectivity index (χ2v) is 4.71. The van der Waals surface area contributed by atoms with Crippen LogP contribution >= 0.6 is 0 Å². The summed E-state index contributed by atoms with van der Waals surface area (Å²) in [4.78, 5) is 0. The van der Waals surface area contributed by atoms with Crippen LogP contribution in [0.4, 0.5) is 5.69 Å². The molecular weight excluding hydrogens is 196 g/mol. The largest absolute Gasteiger partial charge is 0.383 e. The molecule has 1 rings (SSSR count). The lowest BCUT2D eigenvalue weighted by Gasteiger charge is -2.16. The molecule has 1 unspecified atom stereocenters. The summed E-state index contributed by atoms with van der Waals surface area (Å²) in [6.07, 6.45) is 2.42. The molecule has 0 amide bonds. The van der Waals surface area contributed by atoms with E-state index in [1.807, 2.05) is 24.3 Å². The lowest BCUT2D eigenvalue weighted by atomic mass is 10.0. The van der Waals surface area contributed by atoms with Crippen LogP contribution in [0.1, 0.15) is 39.2 Å². The molecule has 0 aromatic heterocycles. The number of rotatable bonds is 5. The summed E-state index contributed by atoms with van der Waals surface area (Å²) in [5.41, 5.74) is 1.80. The van der Waals surface area contributed by atoms with E-state index in [0.29, 0.717) is 11.6 Å². The fourth-order valence-corrected chi connectivity index (χ4v) is 1.58. The molecule has 1 N–H and O–H groups in total. The maximum atomic E-state index is 8.69. The van der Waals surface area contributed by atoms with Gasteiger partial charge >= 0.3 is 0 Å². The van der Waals surface area contributed by atoms with Gasteiger partial charge in [0.2, 0.25) is 0 Å². The molecule has 0 saturated carbocycles. The van der Waals surface area contributed by atoms with Crippen LogP contribution in [0.25, 0.3) is 0 Å². The molecule has 1 aromatic carbocycles. The van der Waals surface area contributed by atoms with Crippen molar-refractivity contribution in [3.05, 3.63) is 29.8 Å². The van der Waals surface area contributed by atoms with Crippen LogP contribution in [0.2, 0.25) is 0 Å². The summed E-state index contributed by atoms with van der Waals surface area (Å²) in [7, 11) is 0. The van der Waals surface area contributed by atoms with Crippen molar-refractivity contribution in [2.24, 2.45) is 5.92 Å². The lowest BCUT2D eigenvalue weighted by Crippen LogP contribution is -2.15. The highest BCUT2D eigenvalue weighted by molar-refractivity contribution is 5.47. The van der Waals surface area contributed by atoms with Crippen molar-refractivity contribution in [3.8, 4) is 6.07 Å². The summed E-state index contributed by atoms with van der Waals surface area (Å²) in [6, 6.07) is 10.2. The summed E-state index contributed by atoms with van der Waals surface area (Å²) in [5, 5.41) is 12.1. The number of nitrogens with one attached hydrogen (secondary N) is 1. The van der Waals surface area contributed by atoms with Gasteiger partial charge in [-0.3, -0.25) is 0 Å². The van der Waals surface area contributed by atoms with E-state index in [2.05, 4.69) is 32.2 Å². The third kappa shape index (κ3) is 4.35. The summed E-state index contributed by atoms with van der Waals surface area (Å²) >= 11 is 0. The molecule has 86 valence electrons. The maximum absolute atomic E-state index is 8.69. The van der Waals surface area contributed by atoms with Crippen molar-refractivity contribution in [2.45, 2.75) is 39.7 Å². The number of benzene rings is 1. The Morgan fingerprint density at radius 2 is 1.75 bits per heavy atom. The van der Waals surface area contributed by atoms with E-state index in [1.165, 1.54) is 12.8 Å². The van der Waals surface area contributed by atoms with Crippen molar-refractivity contribution in [1.29, 1.82) is 5.26 Å². The molecule has 16 heavy (non-hydrogen) atoms. The zero-order chi connectivity index (χ0) is 12.0. The third-order valence-corrected chi connectivity index (χ3v) is 2.60. The fraction of sp³-hybridized carbons (Fsp3) is 0.500. The van der Waals surface area contributed by atoms with Gasteiger partial charge in [0.15, 0.2) is 0 Å². The average Bonchev–Trinajstić information content (AvgIpc) is 2.27. The van der Waals surface area contributed by atoms with E-state index in [4.69, 9.17) is 5.26 Å². The standard InChI is InChI=1S/C14H20N2/c1-11(2)4-5-12(3)16-14-8-6-13(10-15)7-9-14/h6-9,11-12,16H,4-5H2,1-3H3. The molecule has 2 heteroatoms. The third-order valence-electron chi connectivity index (χ3n) is 2.60. The van der Waals surface area contributed by atoms with Crippen LogP contribution in [-0.4, -0.2) is 6.04 Å². The number of nitriles is 1. The van der Waals surface area contributed by atoms with E-state index in [1.54, 1.807) is 0 Å². The highest BCUT2D eigenvalue weighted by Gasteiger charge is 2.03. The molecule has 0 spiro atoms. The maximum Gasteiger partial charge on any atom is 0.0991 e. The molecule has 0 aliphatic rings. The molecule has 0 heterocycles. The monoisotopic (exact) mass is 216 g/mol. The van der Waals surface area contributed by atoms with Crippen LogP contribution in [0.5, 0.6) is 0 Å². The lowest BCUT2D eigenvalue weighted by molar-refractivity contribution is 0.528. The van der Waals surface area contributed by atoms with Crippen LogP contribution in [0.15, 0.2) is 24.3 Å². The van der Waals surface area contributed by atoms with E-state index in [0.717, 1.165) is 11.6 Å². The minimum Gasteiger partial charge on any atom is -0.383 e. The van der Waals surface area contributed by atoms with Crippen molar-refractivity contribution in [3.63, 3.8) is 0 Å². The highest BCUT2D eigenvalue weighted by Crippen LogP contribution is 2.13. The molecular formula is C14H20N2. The Labute approximate surface area is 98.3 Å². The molecule has 2 nitrogen and oxygen atoms in total. The molecule has 0 aliphatic carbocycles. The zero-order valence-corrected chi connectivity index (χ0v) is 10.3. The summed E-state index contributed by atoms with van der Waals surface area (Å²) in [6.45, 7) is 6.68. The normalized spacial score (nSPS) is 12.2. The predicted molar refractivity (Wildman–Crippen MR) is 68.3 cm³/mol. The minimum absolute atomic E-state index is 0.482. The van der Waals surface area contributed by atoms with E-state index >= 15 is 0 Å². The van der Waals surface area contributed by atoms with Gasteiger partial charge in [-0.1, -0.05) is 13.8 Å². The number of anilines is 1. The van der Waals surface area contributed by atoms with Gasteiger partial charge in [-0.15, -0.1) is 0 Å². The van der Waals surface area contributed by atoms with E-state index in [-0.39, 0.29) is 0 Å². The number of hydrogen-bond acceptors (Lipinski definition) is 2. The van der Waals surface area contributed by atoms with Crippen LogP contribution in [0, 0.1) is 17.2 Å². The molecule has 0 aliphatic heterocycles. The first-order chi connectivity index (χ1) is 7.61. The van der Waals surface area contributed by atoms with Gasteiger partial charge in [0, 0.05) is 11.7 Å². The van der Waals surface area contributed by atoms with Gasteiger partial charge in [0.05, 0.1) is 11.6 Å². The van der Waals surface area contributed by atoms with Gasteiger partial charge in [0.1, 0.15) is 0 Å². The topological polar surface area (TPSA) is 35.8 Å². The Bertz CT molecular complexity index is 346. The minimum atomic E-state index is 0.482.